The van der Waals surface area contributed by atoms with Gasteiger partial charge in [0.2, 0.25) is 0 Å². The van der Waals surface area contributed by atoms with Crippen molar-refractivity contribution in [2.75, 3.05) is 23.9 Å². The second kappa shape index (κ2) is 6.27. The first-order chi connectivity index (χ1) is 9.18. The number of hydrogen-bond donors (Lipinski definition) is 3. The first-order valence-electron chi connectivity index (χ1n) is 6.11. The molecule has 1 rings (SSSR count). The summed E-state index contributed by atoms with van der Waals surface area (Å²) in [6.07, 6.45) is -4.46. The van der Waals surface area contributed by atoms with Crippen molar-refractivity contribution in [3.8, 4) is 0 Å². The summed E-state index contributed by atoms with van der Waals surface area (Å²) in [5.41, 5.74) is 0.785. The summed E-state index contributed by atoms with van der Waals surface area (Å²) in [5, 5.41) is 2.83. The molecule has 0 atom stereocenters. The number of nitrogens with zero attached hydrogens (tertiary/aromatic N) is 1. The largest absolute Gasteiger partial charge is 0.416 e. The van der Waals surface area contributed by atoms with Crippen LogP contribution in [0, 0.1) is 0 Å². The van der Waals surface area contributed by atoms with E-state index in [4.69, 9.17) is 10.6 Å². The van der Waals surface area contributed by atoms with E-state index in [1.165, 1.54) is 0 Å². The quantitative estimate of drug-likeness (QED) is 0.555. The van der Waals surface area contributed by atoms with Crippen LogP contribution in [0.1, 0.15) is 26.3 Å². The molecule has 0 unspecified atom stereocenters. The molecule has 1 aromatic heterocycles. The minimum absolute atomic E-state index is 0.0588. The van der Waals surface area contributed by atoms with E-state index in [1.807, 2.05) is 20.8 Å². The molecule has 0 saturated carbocycles. The molecule has 0 aliphatic carbocycles. The molecular weight excluding hydrogens is 273 g/mol. The fourth-order valence-electron chi connectivity index (χ4n) is 1.60. The van der Waals surface area contributed by atoms with Crippen LogP contribution in [0.5, 0.6) is 0 Å². The molecule has 0 aromatic carbocycles. The average Bonchev–Trinajstić information content (AvgIpc) is 2.35. The Kier molecular flexibility index (Phi) is 5.18. The molecule has 0 amide bonds. The van der Waals surface area contributed by atoms with Gasteiger partial charge in [0.25, 0.3) is 0 Å². The van der Waals surface area contributed by atoms with Crippen LogP contribution in [0.25, 0.3) is 0 Å². The monoisotopic (exact) mass is 292 g/mol. The van der Waals surface area contributed by atoms with Crippen LogP contribution >= 0.6 is 0 Å². The van der Waals surface area contributed by atoms with Gasteiger partial charge in [0.1, 0.15) is 11.6 Å². The lowest BCUT2D eigenvalue weighted by atomic mass is 10.1. The van der Waals surface area contributed by atoms with E-state index in [2.05, 4.69) is 15.7 Å². The first kappa shape index (κ1) is 16.5. The predicted octanol–water partition coefficient (Wildman–Crippen LogP) is 2.61. The molecule has 1 aromatic rings. The number of alkyl halides is 3. The molecule has 0 fully saturated rings. The highest BCUT2D eigenvalue weighted by Gasteiger charge is 2.31. The molecule has 0 saturated heterocycles. The van der Waals surface area contributed by atoms with E-state index in [-0.39, 0.29) is 11.6 Å². The molecular formula is C12H19F3N4O. The topological polar surface area (TPSA) is 72.2 Å². The second-order valence-corrected chi connectivity index (χ2v) is 4.81. The Morgan fingerprint density at radius 3 is 2.35 bits per heavy atom. The third-order valence-electron chi connectivity index (χ3n) is 2.53. The normalized spacial score (nSPS) is 12.3. The number of halogens is 3. The minimum atomic E-state index is -4.46. The Morgan fingerprint density at radius 1 is 1.25 bits per heavy atom. The standard InChI is InChI=1S/C12H19F3N4O/c1-4-20-11(2,3)7-17-9-5-8(12(13,14)15)6-10(18-9)19-16/h5-6H,4,7,16H2,1-3H3,(H2,17,18,19). The van der Waals surface area contributed by atoms with Gasteiger partial charge in [-0.15, -0.1) is 0 Å². The van der Waals surface area contributed by atoms with Crippen LogP contribution in [-0.4, -0.2) is 23.7 Å². The Balaban J connectivity index is 2.90. The fraction of sp³-hybridized carbons (Fsp3) is 0.583. The van der Waals surface area contributed by atoms with Gasteiger partial charge in [-0.2, -0.15) is 13.2 Å². The van der Waals surface area contributed by atoms with Crippen LogP contribution in [0.4, 0.5) is 24.8 Å². The second-order valence-electron chi connectivity index (χ2n) is 4.81. The van der Waals surface area contributed by atoms with Gasteiger partial charge in [-0.25, -0.2) is 10.8 Å². The number of anilines is 2. The molecule has 5 nitrogen and oxygen atoms in total. The third kappa shape index (κ3) is 4.86. The average molecular weight is 292 g/mol. The molecule has 0 aliphatic heterocycles. The van der Waals surface area contributed by atoms with Crippen LogP contribution in [0.15, 0.2) is 12.1 Å². The Hall–Kier alpha value is -1.54. The lowest BCUT2D eigenvalue weighted by Gasteiger charge is -2.25. The van der Waals surface area contributed by atoms with Crippen molar-refractivity contribution in [2.24, 2.45) is 5.84 Å². The van der Waals surface area contributed by atoms with Crippen molar-refractivity contribution in [3.63, 3.8) is 0 Å². The highest BCUT2D eigenvalue weighted by atomic mass is 19.4. The lowest BCUT2D eigenvalue weighted by Crippen LogP contribution is -2.33. The lowest BCUT2D eigenvalue weighted by molar-refractivity contribution is -0.137. The van der Waals surface area contributed by atoms with Gasteiger partial charge in [-0.3, -0.25) is 0 Å². The number of rotatable bonds is 6. The Bertz CT molecular complexity index is 449. The van der Waals surface area contributed by atoms with Crippen LogP contribution in [0.3, 0.4) is 0 Å². The zero-order valence-electron chi connectivity index (χ0n) is 11.6. The zero-order chi connectivity index (χ0) is 15.4. The summed E-state index contributed by atoms with van der Waals surface area (Å²) in [6.45, 7) is 6.35. The maximum absolute atomic E-state index is 12.7. The van der Waals surface area contributed by atoms with Crippen molar-refractivity contribution in [1.29, 1.82) is 0 Å². The number of pyridine rings is 1. The van der Waals surface area contributed by atoms with Crippen molar-refractivity contribution in [2.45, 2.75) is 32.5 Å². The van der Waals surface area contributed by atoms with E-state index < -0.39 is 17.3 Å². The third-order valence-corrected chi connectivity index (χ3v) is 2.53. The van der Waals surface area contributed by atoms with E-state index in [1.54, 1.807) is 0 Å². The summed E-state index contributed by atoms with van der Waals surface area (Å²) in [6, 6.07) is 1.78. The van der Waals surface area contributed by atoms with Crippen molar-refractivity contribution in [3.05, 3.63) is 17.7 Å². The van der Waals surface area contributed by atoms with Crippen LogP contribution in [-0.2, 0) is 10.9 Å². The summed E-state index contributed by atoms with van der Waals surface area (Å²) in [4.78, 5) is 3.93. The zero-order valence-corrected chi connectivity index (χ0v) is 11.6. The summed E-state index contributed by atoms with van der Waals surface area (Å²) >= 11 is 0. The van der Waals surface area contributed by atoms with Gasteiger partial charge in [0.15, 0.2) is 0 Å². The molecule has 1 heterocycles. The smallest absolute Gasteiger partial charge is 0.374 e. The molecule has 20 heavy (non-hydrogen) atoms. The van der Waals surface area contributed by atoms with E-state index in [0.29, 0.717) is 13.2 Å². The van der Waals surface area contributed by atoms with Crippen LogP contribution in [0.2, 0.25) is 0 Å². The van der Waals surface area contributed by atoms with Gasteiger partial charge >= 0.3 is 6.18 Å². The SMILES string of the molecule is CCOC(C)(C)CNc1cc(C(F)(F)F)cc(NN)n1. The van der Waals surface area contributed by atoms with Gasteiger partial charge in [-0.05, 0) is 32.9 Å². The van der Waals surface area contributed by atoms with E-state index in [9.17, 15) is 13.2 Å². The molecule has 0 bridgehead atoms. The highest BCUT2D eigenvalue weighted by Crippen LogP contribution is 2.32. The van der Waals surface area contributed by atoms with Gasteiger partial charge in [0, 0.05) is 13.2 Å². The number of nitrogens with one attached hydrogen (secondary N) is 2. The summed E-state index contributed by atoms with van der Waals surface area (Å²) in [7, 11) is 0. The van der Waals surface area contributed by atoms with Crippen LogP contribution < -0.4 is 16.6 Å². The van der Waals surface area contributed by atoms with E-state index in [0.717, 1.165) is 12.1 Å². The highest BCUT2D eigenvalue weighted by molar-refractivity contribution is 5.49. The molecule has 0 aliphatic rings. The van der Waals surface area contributed by atoms with E-state index >= 15 is 0 Å². The molecule has 114 valence electrons. The predicted molar refractivity (Wildman–Crippen MR) is 71.2 cm³/mol. The number of hydrazine groups is 1. The number of nitrogens with two attached hydrogens (primary N) is 1. The molecule has 0 radical (unpaired) electrons. The van der Waals surface area contributed by atoms with Crippen molar-refractivity contribution < 1.29 is 17.9 Å². The maximum Gasteiger partial charge on any atom is 0.416 e. The summed E-state index contributed by atoms with van der Waals surface area (Å²) < 4.78 is 43.6. The molecule has 8 heteroatoms. The van der Waals surface area contributed by atoms with Crippen molar-refractivity contribution in [1.82, 2.24) is 4.98 Å². The Morgan fingerprint density at radius 2 is 1.85 bits per heavy atom. The van der Waals surface area contributed by atoms with Gasteiger partial charge in [0.05, 0.1) is 11.2 Å². The molecule has 4 N–H and O–H groups in total. The number of hydrogen-bond acceptors (Lipinski definition) is 5. The van der Waals surface area contributed by atoms with Gasteiger partial charge < -0.3 is 15.5 Å². The first-order valence-corrected chi connectivity index (χ1v) is 6.11. The number of nitrogen functional groups attached to an aromatic ring is 1. The number of aromatic nitrogens is 1. The van der Waals surface area contributed by atoms with Gasteiger partial charge in [-0.1, -0.05) is 0 Å². The molecule has 0 spiro atoms. The maximum atomic E-state index is 12.7. The fourth-order valence-corrected chi connectivity index (χ4v) is 1.60. The Labute approximate surface area is 115 Å². The van der Waals surface area contributed by atoms with Crippen molar-refractivity contribution >= 4 is 11.6 Å². The summed E-state index contributed by atoms with van der Waals surface area (Å²) in [5.74, 6) is 5.15. The number of ether oxygens (including phenoxy) is 1. The minimum Gasteiger partial charge on any atom is -0.374 e.